The van der Waals surface area contributed by atoms with E-state index in [2.05, 4.69) is 16.3 Å². The molecule has 0 saturated carbocycles. The molecule has 1 saturated heterocycles. The number of benzene rings is 2. The molecule has 1 amide bonds. The first-order valence-electron chi connectivity index (χ1n) is 10.3. The van der Waals surface area contributed by atoms with Crippen LogP contribution in [0.1, 0.15) is 31.2 Å². The van der Waals surface area contributed by atoms with E-state index in [0.717, 1.165) is 44.3 Å². The molecule has 0 atom stereocenters. The number of carbonyl (C=O) groups excluding carboxylic acids is 1. The Bertz CT molecular complexity index is 984. The van der Waals surface area contributed by atoms with Gasteiger partial charge in [-0.15, -0.1) is 0 Å². The third-order valence-corrected chi connectivity index (χ3v) is 7.51. The maximum atomic E-state index is 12.9. The molecular formula is C22H27N3O3S. The van der Waals surface area contributed by atoms with Crippen molar-refractivity contribution in [2.45, 2.75) is 37.0 Å². The number of hydrogen-bond acceptors (Lipinski definition) is 4. The van der Waals surface area contributed by atoms with Crippen LogP contribution in [0.4, 0.5) is 11.4 Å². The smallest absolute Gasteiger partial charge is 0.243 e. The number of fused-ring (bicyclic) bond motifs is 1. The summed E-state index contributed by atoms with van der Waals surface area (Å²) in [5.74, 6) is -0.144. The molecule has 2 aliphatic heterocycles. The zero-order chi connectivity index (χ0) is 20.3. The number of piperidine rings is 1. The molecule has 0 unspecified atom stereocenters. The number of para-hydroxylation sites is 1. The highest BCUT2D eigenvalue weighted by Gasteiger charge is 2.26. The van der Waals surface area contributed by atoms with Gasteiger partial charge in [-0.05, 0) is 55.5 Å². The van der Waals surface area contributed by atoms with E-state index in [1.165, 1.54) is 5.56 Å². The summed E-state index contributed by atoms with van der Waals surface area (Å²) in [5.41, 5.74) is 2.88. The van der Waals surface area contributed by atoms with E-state index in [-0.39, 0.29) is 17.3 Å². The largest absolute Gasteiger partial charge is 0.362 e. The van der Waals surface area contributed by atoms with Crippen LogP contribution in [-0.4, -0.2) is 44.8 Å². The number of carbonyl (C=O) groups is 1. The average molecular weight is 414 g/mol. The molecule has 2 aromatic carbocycles. The average Bonchev–Trinajstić information content (AvgIpc) is 2.75. The van der Waals surface area contributed by atoms with E-state index in [1.807, 2.05) is 18.2 Å². The lowest BCUT2D eigenvalue weighted by atomic mass is 10.0. The molecule has 0 radical (unpaired) electrons. The van der Waals surface area contributed by atoms with Crippen LogP contribution in [0.15, 0.2) is 53.4 Å². The van der Waals surface area contributed by atoms with Gasteiger partial charge < -0.3 is 10.2 Å². The van der Waals surface area contributed by atoms with Gasteiger partial charge in [0, 0.05) is 31.0 Å². The zero-order valence-corrected chi connectivity index (χ0v) is 17.3. The van der Waals surface area contributed by atoms with Crippen LogP contribution in [0.25, 0.3) is 0 Å². The van der Waals surface area contributed by atoms with E-state index < -0.39 is 10.0 Å². The predicted molar refractivity (Wildman–Crippen MR) is 115 cm³/mol. The van der Waals surface area contributed by atoms with Gasteiger partial charge in [-0.3, -0.25) is 4.79 Å². The van der Waals surface area contributed by atoms with Gasteiger partial charge in [0.25, 0.3) is 0 Å². The Morgan fingerprint density at radius 2 is 1.72 bits per heavy atom. The number of nitrogens with zero attached hydrogens (tertiary/aromatic N) is 2. The van der Waals surface area contributed by atoms with Crippen molar-refractivity contribution < 1.29 is 13.2 Å². The minimum Gasteiger partial charge on any atom is -0.362 e. The van der Waals surface area contributed by atoms with Gasteiger partial charge in [-0.1, -0.05) is 30.7 Å². The zero-order valence-electron chi connectivity index (χ0n) is 16.5. The van der Waals surface area contributed by atoms with Crippen LogP contribution in [0.5, 0.6) is 0 Å². The Morgan fingerprint density at radius 1 is 0.931 bits per heavy atom. The third kappa shape index (κ3) is 4.46. The Hall–Kier alpha value is -2.38. The first-order chi connectivity index (χ1) is 14.0. The number of aryl methyl sites for hydroxylation is 1. The van der Waals surface area contributed by atoms with E-state index in [4.69, 9.17) is 0 Å². The van der Waals surface area contributed by atoms with E-state index in [9.17, 15) is 13.2 Å². The Kier molecular flexibility index (Phi) is 5.87. The topological polar surface area (TPSA) is 69.7 Å². The van der Waals surface area contributed by atoms with Gasteiger partial charge in [0.1, 0.15) is 0 Å². The standard InChI is InChI=1S/C22H27N3O3S/c26-22(17-24-13-7-9-18-8-2-3-12-21(18)24)23-19-10-6-11-20(16-19)29(27,28)25-14-4-1-5-15-25/h2-3,6,8,10-12,16H,1,4-5,7,9,13-15,17H2,(H,23,26). The van der Waals surface area contributed by atoms with Gasteiger partial charge in [0.05, 0.1) is 11.4 Å². The molecule has 7 heteroatoms. The molecule has 2 heterocycles. The summed E-state index contributed by atoms with van der Waals surface area (Å²) in [4.78, 5) is 15.0. The molecule has 0 aromatic heterocycles. The quantitative estimate of drug-likeness (QED) is 0.817. The maximum Gasteiger partial charge on any atom is 0.243 e. The summed E-state index contributed by atoms with van der Waals surface area (Å²) < 4.78 is 27.3. The monoisotopic (exact) mass is 413 g/mol. The van der Waals surface area contributed by atoms with E-state index in [1.54, 1.807) is 28.6 Å². The maximum absolute atomic E-state index is 12.9. The molecule has 2 aliphatic rings. The Balaban J connectivity index is 1.45. The number of rotatable bonds is 5. The molecule has 2 aromatic rings. The molecule has 29 heavy (non-hydrogen) atoms. The normalized spacial score (nSPS) is 17.6. The summed E-state index contributed by atoms with van der Waals surface area (Å²) in [5, 5.41) is 2.87. The SMILES string of the molecule is O=C(CN1CCCc2ccccc21)Nc1cccc(S(=O)(=O)N2CCCCC2)c1. The summed E-state index contributed by atoms with van der Waals surface area (Å²) in [6.07, 6.45) is 4.92. The highest BCUT2D eigenvalue weighted by atomic mass is 32.2. The van der Waals surface area contributed by atoms with Crippen molar-refractivity contribution in [1.82, 2.24) is 4.31 Å². The van der Waals surface area contributed by atoms with Gasteiger partial charge in [-0.2, -0.15) is 4.31 Å². The van der Waals surface area contributed by atoms with Crippen LogP contribution in [0, 0.1) is 0 Å². The number of anilines is 2. The minimum absolute atomic E-state index is 0.144. The van der Waals surface area contributed by atoms with Crippen LogP contribution in [0.3, 0.4) is 0 Å². The molecule has 154 valence electrons. The van der Waals surface area contributed by atoms with Crippen molar-refractivity contribution in [1.29, 1.82) is 0 Å². The molecule has 4 rings (SSSR count). The molecular weight excluding hydrogens is 386 g/mol. The van der Waals surface area contributed by atoms with Crippen LogP contribution in [0.2, 0.25) is 0 Å². The van der Waals surface area contributed by atoms with Crippen molar-refractivity contribution in [3.05, 3.63) is 54.1 Å². The number of hydrogen-bond donors (Lipinski definition) is 1. The molecule has 1 fully saturated rings. The summed E-state index contributed by atoms with van der Waals surface area (Å²) >= 11 is 0. The lowest BCUT2D eigenvalue weighted by Crippen LogP contribution is -2.37. The van der Waals surface area contributed by atoms with Gasteiger partial charge in [-0.25, -0.2) is 8.42 Å². The summed E-state index contributed by atoms with van der Waals surface area (Å²) in [6.45, 7) is 2.22. The number of nitrogens with one attached hydrogen (secondary N) is 1. The Labute approximate surface area is 172 Å². The molecule has 0 aliphatic carbocycles. The molecule has 1 N–H and O–H groups in total. The summed E-state index contributed by atoms with van der Waals surface area (Å²) in [6, 6.07) is 14.7. The second-order valence-electron chi connectivity index (χ2n) is 7.69. The van der Waals surface area contributed by atoms with Gasteiger partial charge in [0.2, 0.25) is 15.9 Å². The van der Waals surface area contributed by atoms with Crippen LogP contribution < -0.4 is 10.2 Å². The lowest BCUT2D eigenvalue weighted by molar-refractivity contribution is -0.115. The van der Waals surface area contributed by atoms with E-state index in [0.29, 0.717) is 18.8 Å². The lowest BCUT2D eigenvalue weighted by Gasteiger charge is -2.30. The predicted octanol–water partition coefficient (Wildman–Crippen LogP) is 3.25. The summed E-state index contributed by atoms with van der Waals surface area (Å²) in [7, 11) is -3.52. The van der Waals surface area contributed by atoms with E-state index >= 15 is 0 Å². The fourth-order valence-electron chi connectivity index (χ4n) is 4.14. The fraction of sp³-hybridized carbons (Fsp3) is 0.409. The second kappa shape index (κ2) is 8.55. The first kappa shape index (κ1) is 19.9. The van der Waals surface area contributed by atoms with Crippen molar-refractivity contribution in [3.63, 3.8) is 0 Å². The first-order valence-corrected chi connectivity index (χ1v) is 11.7. The molecule has 0 spiro atoms. The second-order valence-corrected chi connectivity index (χ2v) is 9.63. The van der Waals surface area contributed by atoms with Crippen molar-refractivity contribution in [3.8, 4) is 0 Å². The van der Waals surface area contributed by atoms with Crippen molar-refractivity contribution >= 4 is 27.3 Å². The highest BCUT2D eigenvalue weighted by Crippen LogP contribution is 2.27. The number of sulfonamides is 1. The fourth-order valence-corrected chi connectivity index (χ4v) is 5.70. The van der Waals surface area contributed by atoms with Gasteiger partial charge >= 0.3 is 0 Å². The Morgan fingerprint density at radius 3 is 2.55 bits per heavy atom. The number of amides is 1. The minimum atomic E-state index is -3.52. The molecule has 6 nitrogen and oxygen atoms in total. The van der Waals surface area contributed by atoms with Crippen LogP contribution >= 0.6 is 0 Å². The third-order valence-electron chi connectivity index (χ3n) is 5.61. The van der Waals surface area contributed by atoms with Crippen molar-refractivity contribution in [2.75, 3.05) is 36.4 Å². The van der Waals surface area contributed by atoms with Crippen LogP contribution in [-0.2, 0) is 21.2 Å². The van der Waals surface area contributed by atoms with Crippen molar-refractivity contribution in [2.24, 2.45) is 0 Å². The highest BCUT2D eigenvalue weighted by molar-refractivity contribution is 7.89. The van der Waals surface area contributed by atoms with Gasteiger partial charge in [0.15, 0.2) is 0 Å². The molecule has 0 bridgehead atoms.